The van der Waals surface area contributed by atoms with Crippen molar-refractivity contribution in [3.05, 3.63) is 23.9 Å². The van der Waals surface area contributed by atoms with Gasteiger partial charge in [-0.05, 0) is 6.92 Å². The summed E-state index contributed by atoms with van der Waals surface area (Å²) in [6.07, 6.45) is 2.40. The van der Waals surface area contributed by atoms with Crippen LogP contribution in [0.4, 0.5) is 0 Å². The number of hydrogen-bond acceptors (Lipinski definition) is 6. The minimum atomic E-state index is 0.656. The van der Waals surface area contributed by atoms with Crippen LogP contribution in [0.15, 0.2) is 10.9 Å². The molecule has 0 fully saturated rings. The maximum Gasteiger partial charge on any atom is 0.227 e. The van der Waals surface area contributed by atoms with Crippen LogP contribution in [0, 0.1) is 6.92 Å². The van der Waals surface area contributed by atoms with Gasteiger partial charge in [-0.3, -0.25) is 0 Å². The van der Waals surface area contributed by atoms with Crippen molar-refractivity contribution < 1.29 is 4.52 Å². The van der Waals surface area contributed by atoms with Gasteiger partial charge in [0.1, 0.15) is 12.2 Å². The molecule has 86 valence electrons. The Balaban J connectivity index is 1.71. The minimum absolute atomic E-state index is 0.656. The van der Waals surface area contributed by atoms with Crippen molar-refractivity contribution in [3.63, 3.8) is 0 Å². The number of rotatable bonds is 5. The van der Waals surface area contributed by atoms with Gasteiger partial charge in [0.15, 0.2) is 5.82 Å². The highest BCUT2D eigenvalue weighted by molar-refractivity contribution is 4.85. The van der Waals surface area contributed by atoms with Crippen LogP contribution in [-0.2, 0) is 20.0 Å². The molecule has 2 heterocycles. The fraction of sp³-hybridized carbons (Fsp3) is 0.556. The summed E-state index contributed by atoms with van der Waals surface area (Å²) >= 11 is 0. The molecule has 16 heavy (non-hydrogen) atoms. The first-order valence-corrected chi connectivity index (χ1v) is 5.08. The third-order valence-electron chi connectivity index (χ3n) is 2.17. The van der Waals surface area contributed by atoms with E-state index >= 15 is 0 Å². The zero-order valence-electron chi connectivity index (χ0n) is 9.34. The van der Waals surface area contributed by atoms with Crippen molar-refractivity contribution in [1.82, 2.24) is 30.2 Å². The van der Waals surface area contributed by atoms with E-state index in [4.69, 9.17) is 4.52 Å². The Morgan fingerprint density at radius 3 is 3.00 bits per heavy atom. The molecule has 0 aliphatic carbocycles. The first-order chi connectivity index (χ1) is 7.75. The molecular weight excluding hydrogens is 208 g/mol. The van der Waals surface area contributed by atoms with Crippen molar-refractivity contribution in [2.45, 2.75) is 19.9 Å². The Bertz CT molecular complexity index is 448. The average Bonchev–Trinajstić information content (AvgIpc) is 2.83. The summed E-state index contributed by atoms with van der Waals surface area (Å²) in [5, 5.41) is 14.7. The Morgan fingerprint density at radius 1 is 1.50 bits per heavy atom. The Labute approximate surface area is 92.9 Å². The molecule has 0 radical (unpaired) electrons. The van der Waals surface area contributed by atoms with Crippen LogP contribution in [0.5, 0.6) is 0 Å². The molecule has 0 amide bonds. The van der Waals surface area contributed by atoms with Crippen molar-refractivity contribution in [1.29, 1.82) is 0 Å². The van der Waals surface area contributed by atoms with Crippen LogP contribution in [0.1, 0.15) is 17.5 Å². The summed E-state index contributed by atoms with van der Waals surface area (Å²) < 4.78 is 6.87. The molecule has 0 atom stereocenters. The lowest BCUT2D eigenvalue weighted by molar-refractivity contribution is 0.372. The smallest absolute Gasteiger partial charge is 0.227 e. The molecule has 0 saturated carbocycles. The van der Waals surface area contributed by atoms with Crippen LogP contribution in [-0.4, -0.2) is 31.4 Å². The molecule has 0 bridgehead atoms. The van der Waals surface area contributed by atoms with Gasteiger partial charge in [0, 0.05) is 20.0 Å². The lowest BCUT2D eigenvalue weighted by Crippen LogP contribution is -2.19. The van der Waals surface area contributed by atoms with Gasteiger partial charge in [-0.15, -0.1) is 10.2 Å². The monoisotopic (exact) mass is 222 g/mol. The van der Waals surface area contributed by atoms with E-state index in [1.54, 1.807) is 13.3 Å². The second-order valence-corrected chi connectivity index (χ2v) is 3.52. The SMILES string of the molecule is Cc1noc(CCNCc2nncn2C)n1. The molecule has 0 aliphatic rings. The molecule has 0 spiro atoms. The zero-order chi connectivity index (χ0) is 11.4. The topological polar surface area (TPSA) is 81.7 Å². The minimum Gasteiger partial charge on any atom is -0.339 e. The number of hydrogen-bond donors (Lipinski definition) is 1. The van der Waals surface area contributed by atoms with Gasteiger partial charge in [-0.1, -0.05) is 5.16 Å². The highest BCUT2D eigenvalue weighted by Crippen LogP contribution is 1.96. The highest BCUT2D eigenvalue weighted by Gasteiger charge is 2.03. The van der Waals surface area contributed by atoms with Gasteiger partial charge < -0.3 is 14.4 Å². The lowest BCUT2D eigenvalue weighted by atomic mass is 10.4. The van der Waals surface area contributed by atoms with Gasteiger partial charge in [0.2, 0.25) is 5.89 Å². The standard InChI is InChI=1S/C9H14N6O/c1-7-12-9(16-14-7)3-4-10-5-8-13-11-6-15(8)2/h6,10H,3-5H2,1-2H3. The van der Waals surface area contributed by atoms with E-state index in [0.29, 0.717) is 18.3 Å². The molecular formula is C9H14N6O. The Kier molecular flexibility index (Phi) is 3.25. The molecule has 7 nitrogen and oxygen atoms in total. The van der Waals surface area contributed by atoms with E-state index in [1.807, 2.05) is 11.6 Å². The Hall–Kier alpha value is -1.76. The summed E-state index contributed by atoms with van der Waals surface area (Å²) in [4.78, 5) is 4.11. The van der Waals surface area contributed by atoms with Crippen LogP contribution >= 0.6 is 0 Å². The second kappa shape index (κ2) is 4.84. The van der Waals surface area contributed by atoms with Crippen molar-refractivity contribution in [2.75, 3.05) is 6.54 Å². The van der Waals surface area contributed by atoms with E-state index < -0.39 is 0 Å². The maximum absolute atomic E-state index is 4.99. The third kappa shape index (κ3) is 2.63. The van der Waals surface area contributed by atoms with E-state index in [-0.39, 0.29) is 0 Å². The zero-order valence-corrected chi connectivity index (χ0v) is 9.34. The fourth-order valence-electron chi connectivity index (χ4n) is 1.30. The van der Waals surface area contributed by atoms with E-state index in [0.717, 1.165) is 18.8 Å². The fourth-order valence-corrected chi connectivity index (χ4v) is 1.30. The summed E-state index contributed by atoms with van der Waals surface area (Å²) in [7, 11) is 1.92. The number of aryl methyl sites for hydroxylation is 2. The van der Waals surface area contributed by atoms with E-state index in [1.165, 1.54) is 0 Å². The maximum atomic E-state index is 4.99. The molecule has 1 N–H and O–H groups in total. The third-order valence-corrected chi connectivity index (χ3v) is 2.17. The van der Waals surface area contributed by atoms with Gasteiger partial charge in [-0.25, -0.2) is 0 Å². The predicted molar refractivity (Wildman–Crippen MR) is 55.4 cm³/mol. The van der Waals surface area contributed by atoms with Gasteiger partial charge in [-0.2, -0.15) is 4.98 Å². The molecule has 2 aromatic rings. The summed E-state index contributed by atoms with van der Waals surface area (Å²) in [5.74, 6) is 2.23. The van der Waals surface area contributed by atoms with Crippen LogP contribution < -0.4 is 5.32 Å². The first kappa shape index (κ1) is 10.7. The normalized spacial score (nSPS) is 10.9. The highest BCUT2D eigenvalue weighted by atomic mass is 16.5. The molecule has 7 heteroatoms. The molecule has 0 aliphatic heterocycles. The van der Waals surface area contributed by atoms with Gasteiger partial charge >= 0.3 is 0 Å². The van der Waals surface area contributed by atoms with Crippen molar-refractivity contribution >= 4 is 0 Å². The predicted octanol–water partition coefficient (Wildman–Crippen LogP) is -0.161. The van der Waals surface area contributed by atoms with Crippen LogP contribution in [0.3, 0.4) is 0 Å². The van der Waals surface area contributed by atoms with Crippen LogP contribution in [0.25, 0.3) is 0 Å². The summed E-state index contributed by atoms with van der Waals surface area (Å²) in [5.41, 5.74) is 0. The molecule has 0 unspecified atom stereocenters. The number of aromatic nitrogens is 5. The average molecular weight is 222 g/mol. The number of nitrogens with zero attached hydrogens (tertiary/aromatic N) is 5. The van der Waals surface area contributed by atoms with Crippen molar-refractivity contribution in [3.8, 4) is 0 Å². The van der Waals surface area contributed by atoms with E-state index in [9.17, 15) is 0 Å². The number of nitrogens with one attached hydrogen (secondary N) is 1. The molecule has 0 aromatic carbocycles. The molecule has 2 rings (SSSR count). The largest absolute Gasteiger partial charge is 0.339 e. The Morgan fingerprint density at radius 2 is 2.38 bits per heavy atom. The molecule has 2 aromatic heterocycles. The van der Waals surface area contributed by atoms with E-state index in [2.05, 4.69) is 25.7 Å². The van der Waals surface area contributed by atoms with Crippen molar-refractivity contribution in [2.24, 2.45) is 7.05 Å². The van der Waals surface area contributed by atoms with Gasteiger partial charge in [0.25, 0.3) is 0 Å². The summed E-state index contributed by atoms with van der Waals surface area (Å²) in [6, 6.07) is 0. The first-order valence-electron chi connectivity index (χ1n) is 5.08. The molecule has 0 saturated heterocycles. The quantitative estimate of drug-likeness (QED) is 0.708. The van der Waals surface area contributed by atoms with Gasteiger partial charge in [0.05, 0.1) is 6.54 Å². The second-order valence-electron chi connectivity index (χ2n) is 3.52. The summed E-state index contributed by atoms with van der Waals surface area (Å²) in [6.45, 7) is 3.26. The van der Waals surface area contributed by atoms with Crippen LogP contribution in [0.2, 0.25) is 0 Å². The lowest BCUT2D eigenvalue weighted by Gasteiger charge is -2.01.